The highest BCUT2D eigenvalue weighted by Gasteiger charge is 2.35. The van der Waals surface area contributed by atoms with Gasteiger partial charge in [0.05, 0.1) is 19.8 Å². The number of methoxy groups -OCH3 is 2. The summed E-state index contributed by atoms with van der Waals surface area (Å²) in [5.41, 5.74) is 1.63. The predicted octanol–water partition coefficient (Wildman–Crippen LogP) is 5.53. The molecule has 39 heavy (non-hydrogen) atoms. The first-order chi connectivity index (χ1) is 18.5. The first-order valence-electron chi connectivity index (χ1n) is 11.7. The van der Waals surface area contributed by atoms with Crippen LogP contribution in [0, 0.1) is 0 Å². The number of nitrogens with zero attached hydrogens (tertiary/aromatic N) is 1. The first kappa shape index (κ1) is 27.3. The van der Waals surface area contributed by atoms with E-state index in [-0.39, 0.29) is 40.3 Å². The third-order valence-corrected chi connectivity index (χ3v) is 6.25. The van der Waals surface area contributed by atoms with Gasteiger partial charge in [0, 0.05) is 46.8 Å². The standard InChI is InChI=1S/C29H23F3N2O5/c1-16-22(25(36)27(39-3)26(38-2)24(16)35)13-17-6-11-21(18-5-4-12-33-15-18)23(14-17)28(37)34-20-9-7-19(8-10-20)29(30,31)32/h4-12,14-15H,13H2,1-3H3,(H,34,37). The first-order valence-corrected chi connectivity index (χ1v) is 11.7. The lowest BCUT2D eigenvalue weighted by molar-refractivity contribution is -0.137. The maximum Gasteiger partial charge on any atom is 0.416 e. The highest BCUT2D eigenvalue weighted by molar-refractivity contribution is 6.23. The lowest BCUT2D eigenvalue weighted by atomic mass is 9.87. The Morgan fingerprint density at radius 1 is 0.949 bits per heavy atom. The van der Waals surface area contributed by atoms with Crippen molar-refractivity contribution in [2.75, 3.05) is 19.5 Å². The SMILES string of the molecule is COC1=C(OC)C(=O)C(Cc2ccc(-c3cccnc3)c(C(=O)Nc3ccc(C(F)(F)F)cc3)c2)=C(C)C1=O. The monoisotopic (exact) mass is 536 g/mol. The minimum absolute atomic E-state index is 0.0220. The summed E-state index contributed by atoms with van der Waals surface area (Å²) in [7, 11) is 2.54. The highest BCUT2D eigenvalue weighted by Crippen LogP contribution is 2.32. The normalized spacial score (nSPS) is 14.0. The molecule has 0 aliphatic heterocycles. The summed E-state index contributed by atoms with van der Waals surface area (Å²) in [5, 5.41) is 2.63. The zero-order valence-electron chi connectivity index (χ0n) is 21.2. The number of anilines is 1. The fourth-order valence-electron chi connectivity index (χ4n) is 4.21. The Labute approximate surface area is 222 Å². The quantitative estimate of drug-likeness (QED) is 0.399. The molecule has 1 aliphatic carbocycles. The van der Waals surface area contributed by atoms with E-state index in [1.54, 1.807) is 42.7 Å². The van der Waals surface area contributed by atoms with Crippen LogP contribution in [0.25, 0.3) is 11.1 Å². The van der Waals surface area contributed by atoms with Crippen LogP contribution in [0.1, 0.15) is 28.4 Å². The molecule has 0 bridgehead atoms. The number of carbonyl (C=O) groups is 3. The van der Waals surface area contributed by atoms with Gasteiger partial charge in [-0.3, -0.25) is 19.4 Å². The van der Waals surface area contributed by atoms with E-state index < -0.39 is 29.2 Å². The van der Waals surface area contributed by atoms with Crippen LogP contribution in [-0.4, -0.2) is 36.7 Å². The van der Waals surface area contributed by atoms with Crippen molar-refractivity contribution >= 4 is 23.2 Å². The van der Waals surface area contributed by atoms with E-state index in [1.165, 1.54) is 33.3 Å². The molecule has 200 valence electrons. The van der Waals surface area contributed by atoms with Crippen molar-refractivity contribution in [3.63, 3.8) is 0 Å². The molecule has 1 aromatic heterocycles. The Morgan fingerprint density at radius 2 is 1.62 bits per heavy atom. The molecule has 0 saturated carbocycles. The average molecular weight is 537 g/mol. The van der Waals surface area contributed by atoms with E-state index in [0.717, 1.165) is 12.1 Å². The maximum absolute atomic E-state index is 13.4. The minimum atomic E-state index is -4.50. The molecule has 7 nitrogen and oxygen atoms in total. The number of Topliss-reactive ketones (excluding diaryl/α,β-unsaturated/α-hetero) is 2. The number of amides is 1. The summed E-state index contributed by atoms with van der Waals surface area (Å²) in [5.74, 6) is -1.93. The van der Waals surface area contributed by atoms with Gasteiger partial charge >= 0.3 is 6.18 Å². The molecule has 0 unspecified atom stereocenters. The molecule has 1 N–H and O–H groups in total. The summed E-state index contributed by atoms with van der Waals surface area (Å²) in [6, 6.07) is 12.5. The van der Waals surface area contributed by atoms with Crippen LogP contribution in [0.15, 0.2) is 89.7 Å². The van der Waals surface area contributed by atoms with Crippen LogP contribution in [0.2, 0.25) is 0 Å². The number of rotatable bonds is 7. The number of benzene rings is 2. The number of allylic oxidation sites excluding steroid dienone is 2. The molecule has 0 saturated heterocycles. The van der Waals surface area contributed by atoms with Gasteiger partial charge in [0.2, 0.25) is 23.1 Å². The Morgan fingerprint density at radius 3 is 2.21 bits per heavy atom. The Bertz CT molecular complexity index is 1510. The van der Waals surface area contributed by atoms with Gasteiger partial charge in [0.25, 0.3) is 5.91 Å². The molecule has 4 rings (SSSR count). The lowest BCUT2D eigenvalue weighted by Gasteiger charge is -2.21. The molecule has 0 fully saturated rings. The highest BCUT2D eigenvalue weighted by atomic mass is 19.4. The molecule has 1 amide bonds. The van der Waals surface area contributed by atoms with E-state index in [2.05, 4.69) is 10.3 Å². The second kappa shape index (κ2) is 10.9. The van der Waals surface area contributed by atoms with Gasteiger partial charge < -0.3 is 14.8 Å². The van der Waals surface area contributed by atoms with Gasteiger partial charge in [-0.15, -0.1) is 0 Å². The molecular weight excluding hydrogens is 513 g/mol. The van der Waals surface area contributed by atoms with Gasteiger partial charge in [-0.1, -0.05) is 18.2 Å². The maximum atomic E-state index is 13.4. The van der Waals surface area contributed by atoms with Gasteiger partial charge in [-0.05, 0) is 54.4 Å². The Kier molecular flexibility index (Phi) is 7.66. The minimum Gasteiger partial charge on any atom is -0.489 e. The number of hydrogen-bond acceptors (Lipinski definition) is 6. The van der Waals surface area contributed by atoms with Crippen LogP contribution in [0.4, 0.5) is 18.9 Å². The number of nitrogens with one attached hydrogen (secondary N) is 1. The molecule has 10 heteroatoms. The number of halogens is 3. The predicted molar refractivity (Wildman–Crippen MR) is 137 cm³/mol. The van der Waals surface area contributed by atoms with Gasteiger partial charge in [0.1, 0.15) is 0 Å². The number of ether oxygens (including phenoxy) is 2. The van der Waals surface area contributed by atoms with Crippen LogP contribution in [0.3, 0.4) is 0 Å². The van der Waals surface area contributed by atoms with E-state index in [4.69, 9.17) is 9.47 Å². The largest absolute Gasteiger partial charge is 0.489 e. The van der Waals surface area contributed by atoms with Crippen molar-refractivity contribution in [2.24, 2.45) is 0 Å². The van der Waals surface area contributed by atoms with Crippen molar-refractivity contribution < 1.29 is 37.0 Å². The second-order valence-corrected chi connectivity index (χ2v) is 8.66. The number of ketones is 2. The molecule has 0 atom stereocenters. The van der Waals surface area contributed by atoms with Crippen molar-refractivity contribution in [3.05, 3.63) is 106 Å². The van der Waals surface area contributed by atoms with Gasteiger partial charge in [-0.25, -0.2) is 0 Å². The second-order valence-electron chi connectivity index (χ2n) is 8.66. The topological polar surface area (TPSA) is 94.6 Å². The van der Waals surface area contributed by atoms with Crippen LogP contribution >= 0.6 is 0 Å². The Balaban J connectivity index is 1.71. The molecule has 0 spiro atoms. The summed E-state index contributed by atoms with van der Waals surface area (Å²) in [6.07, 6.45) is -1.33. The third-order valence-electron chi connectivity index (χ3n) is 6.25. The van der Waals surface area contributed by atoms with Gasteiger partial charge in [-0.2, -0.15) is 13.2 Å². The van der Waals surface area contributed by atoms with Crippen molar-refractivity contribution in [3.8, 4) is 11.1 Å². The summed E-state index contributed by atoms with van der Waals surface area (Å²) in [4.78, 5) is 43.3. The fraction of sp³-hybridized carbons (Fsp3) is 0.172. The number of alkyl halides is 3. The molecule has 0 radical (unpaired) electrons. The molecule has 3 aromatic rings. The zero-order chi connectivity index (χ0) is 28.3. The van der Waals surface area contributed by atoms with E-state index in [9.17, 15) is 27.6 Å². The van der Waals surface area contributed by atoms with Crippen molar-refractivity contribution in [1.29, 1.82) is 0 Å². The lowest BCUT2D eigenvalue weighted by Crippen LogP contribution is -2.26. The van der Waals surface area contributed by atoms with Crippen molar-refractivity contribution in [2.45, 2.75) is 19.5 Å². The van der Waals surface area contributed by atoms with E-state index >= 15 is 0 Å². The molecule has 1 heterocycles. The number of carbonyl (C=O) groups excluding carboxylic acids is 3. The van der Waals surface area contributed by atoms with E-state index in [1.807, 2.05) is 0 Å². The summed E-state index contributed by atoms with van der Waals surface area (Å²) >= 11 is 0. The smallest absolute Gasteiger partial charge is 0.416 e. The molecular formula is C29H23F3N2O5. The third kappa shape index (κ3) is 5.59. The van der Waals surface area contributed by atoms with Gasteiger partial charge in [0.15, 0.2) is 0 Å². The van der Waals surface area contributed by atoms with Crippen molar-refractivity contribution in [1.82, 2.24) is 4.98 Å². The van der Waals surface area contributed by atoms with Crippen LogP contribution in [0.5, 0.6) is 0 Å². The summed E-state index contributed by atoms with van der Waals surface area (Å²) in [6.45, 7) is 1.52. The number of aromatic nitrogens is 1. The van der Waals surface area contributed by atoms with Crippen LogP contribution in [-0.2, 0) is 31.7 Å². The molecule has 2 aromatic carbocycles. The fourth-order valence-corrected chi connectivity index (χ4v) is 4.21. The van der Waals surface area contributed by atoms with Crippen LogP contribution < -0.4 is 5.32 Å². The average Bonchev–Trinajstić information content (AvgIpc) is 2.93. The zero-order valence-corrected chi connectivity index (χ0v) is 21.2. The molecule has 1 aliphatic rings. The number of hydrogen-bond donors (Lipinski definition) is 1. The number of pyridine rings is 1. The summed E-state index contributed by atoms with van der Waals surface area (Å²) < 4.78 is 49.0. The van der Waals surface area contributed by atoms with E-state index in [0.29, 0.717) is 16.7 Å². The Hall–Kier alpha value is -4.73.